The molecule has 0 amide bonds. The summed E-state index contributed by atoms with van der Waals surface area (Å²) < 4.78 is 26.9. The fraction of sp³-hybridized carbons (Fsp3) is 0.500. The number of nitrogens with one attached hydrogen (secondary N) is 1. The second kappa shape index (κ2) is 5.47. The van der Waals surface area contributed by atoms with Gasteiger partial charge < -0.3 is 5.11 Å². The van der Waals surface area contributed by atoms with Crippen LogP contribution in [0.3, 0.4) is 0 Å². The van der Waals surface area contributed by atoms with Gasteiger partial charge in [-0.2, -0.15) is 0 Å². The van der Waals surface area contributed by atoms with E-state index in [-0.39, 0.29) is 16.1 Å². The van der Waals surface area contributed by atoms with E-state index in [1.165, 1.54) is 26.0 Å². The molecule has 0 saturated carbocycles. The van der Waals surface area contributed by atoms with Crippen LogP contribution in [0.25, 0.3) is 0 Å². The standard InChI is InChI=1S/C12H18N2O5S/c1-8-7-10(14(16)17)5-6-11(8)20(18,19)13-12(3,4)9(2)15/h5-7,9,13,15H,1-4H3. The molecule has 1 rings (SSSR count). The van der Waals surface area contributed by atoms with Gasteiger partial charge in [-0.05, 0) is 39.3 Å². The molecule has 2 N–H and O–H groups in total. The van der Waals surface area contributed by atoms with E-state index in [4.69, 9.17) is 0 Å². The third-order valence-electron chi connectivity index (χ3n) is 3.10. The van der Waals surface area contributed by atoms with Crippen molar-refractivity contribution < 1.29 is 18.4 Å². The molecule has 7 nitrogen and oxygen atoms in total. The van der Waals surface area contributed by atoms with Gasteiger partial charge in [-0.1, -0.05) is 0 Å². The molecule has 1 aromatic carbocycles. The van der Waals surface area contributed by atoms with Gasteiger partial charge in [-0.3, -0.25) is 10.1 Å². The predicted octanol–water partition coefficient (Wildman–Crippen LogP) is 1.34. The summed E-state index contributed by atoms with van der Waals surface area (Å²) in [5.41, 5.74) is -0.947. The number of benzene rings is 1. The minimum atomic E-state index is -3.87. The first-order chi connectivity index (χ1) is 8.97. The highest BCUT2D eigenvalue weighted by Crippen LogP contribution is 2.23. The van der Waals surface area contributed by atoms with Crippen LogP contribution in [-0.2, 0) is 10.0 Å². The third-order valence-corrected chi connectivity index (χ3v) is 4.93. The zero-order chi connectivity index (χ0) is 15.7. The molecular formula is C12H18N2O5S. The molecule has 0 saturated heterocycles. The number of nitro benzene ring substituents is 1. The average molecular weight is 302 g/mol. The van der Waals surface area contributed by atoms with Gasteiger partial charge in [0.25, 0.3) is 5.69 Å². The molecule has 112 valence electrons. The number of hydrogen-bond donors (Lipinski definition) is 2. The fourth-order valence-electron chi connectivity index (χ4n) is 1.54. The summed E-state index contributed by atoms with van der Waals surface area (Å²) in [6, 6.07) is 3.52. The molecule has 0 radical (unpaired) electrons. The molecule has 0 aliphatic heterocycles. The lowest BCUT2D eigenvalue weighted by atomic mass is 10.0. The third kappa shape index (κ3) is 3.53. The number of nitrogens with zero attached hydrogens (tertiary/aromatic N) is 1. The van der Waals surface area contributed by atoms with Crippen LogP contribution in [0.4, 0.5) is 5.69 Å². The van der Waals surface area contributed by atoms with Crippen LogP contribution in [0.2, 0.25) is 0 Å². The molecule has 20 heavy (non-hydrogen) atoms. The maximum absolute atomic E-state index is 12.3. The Balaban J connectivity index is 3.21. The van der Waals surface area contributed by atoms with Crippen molar-refractivity contribution in [2.75, 3.05) is 0 Å². The summed E-state index contributed by atoms with van der Waals surface area (Å²) in [6.07, 6.45) is -0.893. The van der Waals surface area contributed by atoms with Crippen LogP contribution >= 0.6 is 0 Å². The number of hydrogen-bond acceptors (Lipinski definition) is 5. The highest BCUT2D eigenvalue weighted by atomic mass is 32.2. The van der Waals surface area contributed by atoms with Crippen molar-refractivity contribution in [1.82, 2.24) is 4.72 Å². The normalized spacial score (nSPS) is 14.1. The Morgan fingerprint density at radius 1 is 1.40 bits per heavy atom. The summed E-state index contributed by atoms with van der Waals surface area (Å²) in [7, 11) is -3.87. The van der Waals surface area contributed by atoms with Crippen molar-refractivity contribution in [3.8, 4) is 0 Å². The lowest BCUT2D eigenvalue weighted by Gasteiger charge is -2.29. The highest BCUT2D eigenvalue weighted by Gasteiger charge is 2.31. The molecule has 1 unspecified atom stereocenters. The van der Waals surface area contributed by atoms with E-state index >= 15 is 0 Å². The predicted molar refractivity (Wildman–Crippen MR) is 73.9 cm³/mol. The van der Waals surface area contributed by atoms with Gasteiger partial charge >= 0.3 is 0 Å². The van der Waals surface area contributed by atoms with Crippen LogP contribution in [0.15, 0.2) is 23.1 Å². The van der Waals surface area contributed by atoms with E-state index in [9.17, 15) is 23.6 Å². The second-order valence-electron chi connectivity index (χ2n) is 5.21. The SMILES string of the molecule is Cc1cc([N+](=O)[O-])ccc1S(=O)(=O)NC(C)(C)C(C)O. The second-order valence-corrected chi connectivity index (χ2v) is 6.86. The summed E-state index contributed by atoms with van der Waals surface area (Å²) in [4.78, 5) is 10.0. The van der Waals surface area contributed by atoms with Crippen LogP contribution < -0.4 is 4.72 Å². The van der Waals surface area contributed by atoms with E-state index in [1.807, 2.05) is 0 Å². The Kier molecular flexibility index (Phi) is 4.52. The van der Waals surface area contributed by atoms with E-state index in [0.717, 1.165) is 6.07 Å². The monoisotopic (exact) mass is 302 g/mol. The number of sulfonamides is 1. The van der Waals surface area contributed by atoms with Crippen LogP contribution in [0, 0.1) is 17.0 Å². The maximum atomic E-state index is 12.3. The van der Waals surface area contributed by atoms with Crippen LogP contribution in [0.1, 0.15) is 26.3 Å². The Hall–Kier alpha value is -1.51. The summed E-state index contributed by atoms with van der Waals surface area (Å²) >= 11 is 0. The molecule has 1 atom stereocenters. The fourth-order valence-corrected chi connectivity index (χ4v) is 3.24. The van der Waals surface area contributed by atoms with E-state index in [1.54, 1.807) is 13.8 Å². The molecule has 0 bridgehead atoms. The van der Waals surface area contributed by atoms with Crippen molar-refractivity contribution in [1.29, 1.82) is 0 Å². The number of nitro groups is 1. The number of aryl methyl sites for hydroxylation is 1. The first kappa shape index (κ1) is 16.5. The van der Waals surface area contributed by atoms with Gasteiger partial charge in [-0.25, -0.2) is 13.1 Å². The number of aliphatic hydroxyl groups is 1. The topological polar surface area (TPSA) is 110 Å². The first-order valence-electron chi connectivity index (χ1n) is 5.94. The molecule has 0 aliphatic rings. The Labute approximate surface area is 117 Å². The lowest BCUT2D eigenvalue weighted by molar-refractivity contribution is -0.385. The summed E-state index contributed by atoms with van der Waals surface area (Å²) in [6.45, 7) is 6.06. The van der Waals surface area contributed by atoms with Gasteiger partial charge in [0.15, 0.2) is 0 Å². The van der Waals surface area contributed by atoms with Crippen molar-refractivity contribution in [3.63, 3.8) is 0 Å². The van der Waals surface area contributed by atoms with Crippen molar-refractivity contribution in [3.05, 3.63) is 33.9 Å². The summed E-state index contributed by atoms with van der Waals surface area (Å²) in [5, 5.41) is 20.2. The van der Waals surface area contributed by atoms with Gasteiger partial charge in [0.05, 0.1) is 21.5 Å². The zero-order valence-corrected chi connectivity index (χ0v) is 12.6. The average Bonchev–Trinajstić information content (AvgIpc) is 2.26. The molecular weight excluding hydrogens is 284 g/mol. The minimum Gasteiger partial charge on any atom is -0.391 e. The van der Waals surface area contributed by atoms with E-state index < -0.39 is 26.6 Å². The number of non-ortho nitro benzene ring substituents is 1. The molecule has 0 aliphatic carbocycles. The van der Waals surface area contributed by atoms with Gasteiger partial charge in [0.1, 0.15) is 0 Å². The number of rotatable bonds is 5. The van der Waals surface area contributed by atoms with Crippen molar-refractivity contribution in [2.45, 2.75) is 44.2 Å². The van der Waals surface area contributed by atoms with Gasteiger partial charge in [-0.15, -0.1) is 0 Å². The first-order valence-corrected chi connectivity index (χ1v) is 7.43. The molecule has 0 fully saturated rings. The Bertz CT molecular complexity index is 623. The van der Waals surface area contributed by atoms with E-state index in [2.05, 4.69) is 4.72 Å². The largest absolute Gasteiger partial charge is 0.391 e. The maximum Gasteiger partial charge on any atom is 0.269 e. The van der Waals surface area contributed by atoms with Crippen LogP contribution in [0.5, 0.6) is 0 Å². The summed E-state index contributed by atoms with van der Waals surface area (Å²) in [5.74, 6) is 0. The highest BCUT2D eigenvalue weighted by molar-refractivity contribution is 7.89. The van der Waals surface area contributed by atoms with Gasteiger partial charge in [0.2, 0.25) is 10.0 Å². The van der Waals surface area contributed by atoms with Crippen LogP contribution in [-0.4, -0.2) is 30.1 Å². The minimum absolute atomic E-state index is 0.0446. The molecule has 0 aromatic heterocycles. The van der Waals surface area contributed by atoms with Gasteiger partial charge in [0, 0.05) is 12.1 Å². The quantitative estimate of drug-likeness (QED) is 0.630. The zero-order valence-electron chi connectivity index (χ0n) is 11.7. The molecule has 0 heterocycles. The molecule has 8 heteroatoms. The van der Waals surface area contributed by atoms with Crippen molar-refractivity contribution in [2.24, 2.45) is 0 Å². The van der Waals surface area contributed by atoms with Crippen molar-refractivity contribution >= 4 is 15.7 Å². The lowest BCUT2D eigenvalue weighted by Crippen LogP contribution is -2.50. The molecule has 1 aromatic rings. The smallest absolute Gasteiger partial charge is 0.269 e. The Morgan fingerprint density at radius 3 is 2.35 bits per heavy atom. The Morgan fingerprint density at radius 2 is 1.95 bits per heavy atom. The number of aliphatic hydroxyl groups excluding tert-OH is 1. The van der Waals surface area contributed by atoms with E-state index in [0.29, 0.717) is 0 Å². The molecule has 0 spiro atoms.